The first kappa shape index (κ1) is 29.1. The molecule has 0 saturated heterocycles. The summed E-state index contributed by atoms with van der Waals surface area (Å²) in [6.45, 7) is 6.37. The number of aryl methyl sites for hydroxylation is 1. The lowest BCUT2D eigenvalue weighted by atomic mass is 10.1. The summed E-state index contributed by atoms with van der Waals surface area (Å²) in [4.78, 5) is 16.9. The molecule has 0 fully saturated rings. The number of aromatic nitrogens is 3. The van der Waals surface area contributed by atoms with Crippen molar-refractivity contribution in [1.82, 2.24) is 14.8 Å². The lowest BCUT2D eigenvalue weighted by Crippen LogP contribution is -2.22. The van der Waals surface area contributed by atoms with Crippen LogP contribution in [0.2, 0.25) is 0 Å². The van der Waals surface area contributed by atoms with Crippen molar-refractivity contribution in [1.29, 1.82) is 0 Å². The number of carbonyl (C=O) groups excluding carboxylic acids is 1. The quantitative estimate of drug-likeness (QED) is 0.271. The van der Waals surface area contributed by atoms with Gasteiger partial charge in [0, 0.05) is 30.1 Å². The second kappa shape index (κ2) is 11.3. The molecule has 1 unspecified atom stereocenters. The molecular formula is C28H29F3N4O4S. The van der Waals surface area contributed by atoms with Crippen molar-refractivity contribution in [3.63, 3.8) is 0 Å². The van der Waals surface area contributed by atoms with Crippen LogP contribution in [0, 0.1) is 6.92 Å². The molecule has 1 atom stereocenters. The van der Waals surface area contributed by atoms with Crippen LogP contribution >= 0.6 is 0 Å². The van der Waals surface area contributed by atoms with E-state index in [2.05, 4.69) is 15.4 Å². The van der Waals surface area contributed by atoms with Gasteiger partial charge in [-0.1, -0.05) is 12.1 Å². The molecule has 0 bridgehead atoms. The van der Waals surface area contributed by atoms with Crippen LogP contribution in [-0.2, 0) is 27.6 Å². The molecule has 0 radical (unpaired) electrons. The van der Waals surface area contributed by atoms with Crippen LogP contribution in [0.15, 0.2) is 59.9 Å². The van der Waals surface area contributed by atoms with E-state index in [4.69, 9.17) is 9.47 Å². The van der Waals surface area contributed by atoms with Gasteiger partial charge < -0.3 is 14.8 Å². The Hall–Kier alpha value is -3.93. The number of hydrogen-bond acceptors (Lipinski definition) is 6. The van der Waals surface area contributed by atoms with Gasteiger partial charge in [-0.3, -0.25) is 18.7 Å². The highest BCUT2D eigenvalue weighted by atomic mass is 32.2. The number of carbonyl (C=O) groups is 1. The van der Waals surface area contributed by atoms with E-state index >= 15 is 0 Å². The van der Waals surface area contributed by atoms with Gasteiger partial charge in [0.25, 0.3) is 0 Å². The van der Waals surface area contributed by atoms with Crippen LogP contribution in [0.1, 0.15) is 31.9 Å². The van der Waals surface area contributed by atoms with E-state index < -0.39 is 23.6 Å². The molecule has 8 nitrogen and oxygen atoms in total. The number of fused-ring (bicyclic) bond motifs is 1. The summed E-state index contributed by atoms with van der Waals surface area (Å²) in [5, 5.41) is 7.60. The maximum absolute atomic E-state index is 12.7. The van der Waals surface area contributed by atoms with E-state index in [1.807, 2.05) is 33.8 Å². The lowest BCUT2D eigenvalue weighted by molar-refractivity contribution is -0.153. The number of benzene rings is 2. The van der Waals surface area contributed by atoms with Crippen molar-refractivity contribution in [2.45, 2.75) is 50.7 Å². The Morgan fingerprint density at radius 2 is 1.82 bits per heavy atom. The van der Waals surface area contributed by atoms with E-state index in [1.54, 1.807) is 35.3 Å². The van der Waals surface area contributed by atoms with Crippen molar-refractivity contribution in [2.24, 2.45) is 0 Å². The number of ether oxygens (including phenoxy) is 2. The normalized spacial score (nSPS) is 12.8. The average Bonchev–Trinajstić information content (AvgIpc) is 3.32. The standard InChI is InChI=1S/C28H29F3N4O4S/c1-17-10-18(11-26(36)34-19-14-33-35(15-19)27(2,3)4)6-7-22(17)39-23-8-9-32-21-13-24(38-16-28(29,30)31)25(40(5)37)12-20(21)23/h6-10,12-15H,11,16H2,1-5H3,(H,34,36). The molecule has 1 N–H and O–H groups in total. The van der Waals surface area contributed by atoms with E-state index in [9.17, 15) is 22.2 Å². The molecule has 12 heteroatoms. The Morgan fingerprint density at radius 3 is 2.45 bits per heavy atom. The Bertz CT molecular complexity index is 1580. The molecule has 0 spiro atoms. The molecule has 0 aliphatic rings. The average molecular weight is 575 g/mol. The molecule has 4 aromatic rings. The van der Waals surface area contributed by atoms with Gasteiger partial charge >= 0.3 is 6.18 Å². The molecule has 0 aliphatic heterocycles. The number of nitrogens with one attached hydrogen (secondary N) is 1. The van der Waals surface area contributed by atoms with Gasteiger partial charge in [-0.05, 0) is 57.0 Å². The van der Waals surface area contributed by atoms with Crippen molar-refractivity contribution in [3.05, 3.63) is 66.1 Å². The maximum atomic E-state index is 12.7. The smallest absolute Gasteiger partial charge is 0.422 e. The molecule has 0 saturated carbocycles. The number of hydrogen-bond donors (Lipinski definition) is 1. The second-order valence-corrected chi connectivity index (χ2v) is 11.6. The van der Waals surface area contributed by atoms with Crippen LogP contribution < -0.4 is 14.8 Å². The molecule has 40 heavy (non-hydrogen) atoms. The summed E-state index contributed by atoms with van der Waals surface area (Å²) in [5.74, 6) is 0.549. The van der Waals surface area contributed by atoms with Crippen molar-refractivity contribution in [2.75, 3.05) is 18.2 Å². The Kier molecular flexibility index (Phi) is 8.20. The van der Waals surface area contributed by atoms with E-state index in [-0.39, 0.29) is 28.5 Å². The molecule has 0 aliphatic carbocycles. The Balaban J connectivity index is 1.52. The third-order valence-electron chi connectivity index (χ3n) is 5.85. The van der Waals surface area contributed by atoms with Crippen LogP contribution in [0.5, 0.6) is 17.2 Å². The maximum Gasteiger partial charge on any atom is 0.422 e. The van der Waals surface area contributed by atoms with Gasteiger partial charge in [0.05, 0.1) is 45.1 Å². The zero-order valence-electron chi connectivity index (χ0n) is 22.6. The first-order valence-corrected chi connectivity index (χ1v) is 13.8. The van der Waals surface area contributed by atoms with Gasteiger partial charge in [-0.15, -0.1) is 0 Å². The van der Waals surface area contributed by atoms with Crippen molar-refractivity contribution in [3.8, 4) is 17.2 Å². The van der Waals surface area contributed by atoms with E-state index in [0.717, 1.165) is 11.1 Å². The molecule has 212 valence electrons. The van der Waals surface area contributed by atoms with Gasteiger partial charge in [0.2, 0.25) is 5.91 Å². The minimum Gasteiger partial charge on any atom is -0.483 e. The van der Waals surface area contributed by atoms with Gasteiger partial charge in [0.15, 0.2) is 6.61 Å². The first-order chi connectivity index (χ1) is 18.7. The highest BCUT2D eigenvalue weighted by Gasteiger charge is 2.29. The number of alkyl halides is 3. The Labute approximate surface area is 232 Å². The zero-order valence-corrected chi connectivity index (χ0v) is 23.4. The molecular weight excluding hydrogens is 545 g/mol. The number of anilines is 1. The fourth-order valence-electron chi connectivity index (χ4n) is 3.91. The van der Waals surface area contributed by atoms with E-state index in [1.165, 1.54) is 24.6 Å². The minimum atomic E-state index is -4.54. The third kappa shape index (κ3) is 7.17. The Morgan fingerprint density at radius 1 is 1.07 bits per heavy atom. The van der Waals surface area contributed by atoms with Crippen molar-refractivity contribution >= 4 is 33.3 Å². The molecule has 2 aromatic carbocycles. The summed E-state index contributed by atoms with van der Waals surface area (Å²) in [7, 11) is -1.63. The van der Waals surface area contributed by atoms with Crippen LogP contribution in [0.25, 0.3) is 10.9 Å². The van der Waals surface area contributed by atoms with Crippen LogP contribution in [0.4, 0.5) is 18.9 Å². The number of nitrogens with zero attached hydrogens (tertiary/aromatic N) is 3. The predicted molar refractivity (Wildman–Crippen MR) is 146 cm³/mol. The van der Waals surface area contributed by atoms with Crippen molar-refractivity contribution < 1.29 is 31.6 Å². The van der Waals surface area contributed by atoms with Gasteiger partial charge in [-0.25, -0.2) is 0 Å². The van der Waals surface area contributed by atoms with Gasteiger partial charge in [0.1, 0.15) is 17.2 Å². The zero-order chi connectivity index (χ0) is 29.2. The monoisotopic (exact) mass is 574 g/mol. The van der Waals surface area contributed by atoms with Gasteiger partial charge in [-0.2, -0.15) is 18.3 Å². The minimum absolute atomic E-state index is 0.0979. The molecule has 2 aromatic heterocycles. The summed E-state index contributed by atoms with van der Waals surface area (Å²) >= 11 is 0. The first-order valence-electron chi connectivity index (χ1n) is 12.3. The number of amides is 1. The molecule has 2 heterocycles. The summed E-state index contributed by atoms with van der Waals surface area (Å²) in [6, 6.07) is 9.76. The number of rotatable bonds is 8. The van der Waals surface area contributed by atoms with Crippen LogP contribution in [-0.4, -0.2) is 43.9 Å². The highest BCUT2D eigenvalue weighted by Crippen LogP contribution is 2.36. The third-order valence-corrected chi connectivity index (χ3v) is 6.78. The fourth-order valence-corrected chi connectivity index (χ4v) is 4.60. The van der Waals surface area contributed by atoms with Crippen LogP contribution in [0.3, 0.4) is 0 Å². The predicted octanol–water partition coefficient (Wildman–Crippen LogP) is 6.15. The molecule has 1 amide bonds. The lowest BCUT2D eigenvalue weighted by Gasteiger charge is -2.18. The SMILES string of the molecule is Cc1cc(CC(=O)Nc2cnn(C(C)(C)C)c2)ccc1Oc1ccnc2cc(OCC(F)(F)F)c(S(C)=O)cc12. The molecule has 4 rings (SSSR count). The number of halogens is 3. The summed E-state index contributed by atoms with van der Waals surface area (Å²) < 4.78 is 63.2. The highest BCUT2D eigenvalue weighted by molar-refractivity contribution is 7.84. The topological polar surface area (TPSA) is 95.3 Å². The largest absolute Gasteiger partial charge is 0.483 e. The van der Waals surface area contributed by atoms with E-state index in [0.29, 0.717) is 28.1 Å². The number of pyridine rings is 1. The second-order valence-electron chi connectivity index (χ2n) is 10.3. The fraction of sp³-hybridized carbons (Fsp3) is 0.321. The summed E-state index contributed by atoms with van der Waals surface area (Å²) in [5.41, 5.74) is 2.28. The summed E-state index contributed by atoms with van der Waals surface area (Å²) in [6.07, 6.45) is 1.81.